The van der Waals surface area contributed by atoms with Gasteiger partial charge in [-0.15, -0.1) is 0 Å². The second-order valence-electron chi connectivity index (χ2n) is 7.04. The number of hydrazone groups is 1. The molecule has 0 aliphatic carbocycles. The van der Waals surface area contributed by atoms with E-state index in [-0.39, 0.29) is 5.91 Å². The van der Waals surface area contributed by atoms with Crippen LogP contribution in [0.1, 0.15) is 11.1 Å². The van der Waals surface area contributed by atoms with Gasteiger partial charge in [-0.1, -0.05) is 30.3 Å². The molecule has 2 aliphatic rings. The second kappa shape index (κ2) is 8.24. The Bertz CT molecular complexity index is 990. The summed E-state index contributed by atoms with van der Waals surface area (Å²) in [6.45, 7) is 0.509. The summed E-state index contributed by atoms with van der Waals surface area (Å²) in [6.07, 6.45) is 1.07. The monoisotopic (exact) mass is 406 g/mol. The molecule has 0 bridgehead atoms. The molecule has 2 aliphatic heterocycles. The number of hydrogen-bond acceptors (Lipinski definition) is 7. The minimum Gasteiger partial charge on any atom is -0.489 e. The molecule has 2 aromatic rings. The third-order valence-electron chi connectivity index (χ3n) is 5.01. The van der Waals surface area contributed by atoms with E-state index in [1.165, 1.54) is 4.90 Å². The molecule has 2 aromatic carbocycles. The summed E-state index contributed by atoms with van der Waals surface area (Å²) in [6, 6.07) is 16.5. The molecule has 4 rings (SSSR count). The van der Waals surface area contributed by atoms with Crippen LogP contribution in [0.25, 0.3) is 0 Å². The van der Waals surface area contributed by atoms with Crippen LogP contribution in [0.3, 0.4) is 0 Å². The van der Waals surface area contributed by atoms with Gasteiger partial charge < -0.3 is 14.5 Å². The Kier molecular flexibility index (Phi) is 5.34. The average molecular weight is 406 g/mol. The van der Waals surface area contributed by atoms with Crippen molar-refractivity contribution in [2.24, 2.45) is 10.1 Å². The normalized spacial score (nSPS) is 20.8. The van der Waals surface area contributed by atoms with Crippen LogP contribution in [0.2, 0.25) is 0 Å². The van der Waals surface area contributed by atoms with Gasteiger partial charge in [0, 0.05) is 14.1 Å². The number of imide groups is 1. The number of rotatable bonds is 5. The minimum atomic E-state index is -0.577. The summed E-state index contributed by atoms with van der Waals surface area (Å²) in [5, 5.41) is 6.52. The van der Waals surface area contributed by atoms with Crippen molar-refractivity contribution in [3.05, 3.63) is 65.7 Å². The average Bonchev–Trinajstić information content (AvgIpc) is 3.09. The van der Waals surface area contributed by atoms with Crippen LogP contribution in [0.5, 0.6) is 5.75 Å². The lowest BCUT2D eigenvalue weighted by molar-refractivity contribution is -0.126. The Balaban J connectivity index is 1.34. The molecule has 3 amide bonds. The topological polar surface area (TPSA) is 98.6 Å². The van der Waals surface area contributed by atoms with E-state index in [4.69, 9.17) is 4.74 Å². The van der Waals surface area contributed by atoms with E-state index >= 15 is 0 Å². The first kappa shape index (κ1) is 19.4. The van der Waals surface area contributed by atoms with Crippen molar-refractivity contribution in [1.29, 1.82) is 0 Å². The van der Waals surface area contributed by atoms with E-state index in [2.05, 4.69) is 20.8 Å². The number of fused-ring (bicyclic) bond motifs is 1. The van der Waals surface area contributed by atoms with E-state index < -0.39 is 18.2 Å². The van der Waals surface area contributed by atoms with Crippen molar-refractivity contribution in [1.82, 2.24) is 20.5 Å². The van der Waals surface area contributed by atoms with Gasteiger partial charge in [0.25, 0.3) is 5.91 Å². The highest BCUT2D eigenvalue weighted by molar-refractivity contribution is 6.03. The molecule has 2 heterocycles. The fraction of sp³-hybridized carbons (Fsp3) is 0.238. The number of carbonyl (C=O) groups excluding carboxylic acids is 2. The predicted octanol–water partition coefficient (Wildman–Crippen LogP) is 1.37. The van der Waals surface area contributed by atoms with Crippen LogP contribution in [0.4, 0.5) is 4.79 Å². The van der Waals surface area contributed by atoms with Gasteiger partial charge >= 0.3 is 6.03 Å². The van der Waals surface area contributed by atoms with Gasteiger partial charge in [-0.25, -0.2) is 15.2 Å². The molecular weight excluding hydrogens is 384 g/mol. The summed E-state index contributed by atoms with van der Waals surface area (Å²) in [5.74, 6) is 0.814. The third-order valence-corrected chi connectivity index (χ3v) is 5.01. The SMILES string of the molecule is CN1C(=O)NC(=O)C2C1N=C(N/N=C/c1ccc(OCc3ccccc3)cc1)N2C. The summed E-state index contributed by atoms with van der Waals surface area (Å²) in [4.78, 5) is 31.3. The number of urea groups is 1. The van der Waals surface area contributed by atoms with Gasteiger partial charge in [0.2, 0.25) is 5.96 Å². The molecule has 2 atom stereocenters. The van der Waals surface area contributed by atoms with Gasteiger partial charge in [0.05, 0.1) is 6.21 Å². The zero-order chi connectivity index (χ0) is 21.1. The molecule has 2 unspecified atom stereocenters. The number of amides is 3. The molecule has 30 heavy (non-hydrogen) atoms. The zero-order valence-electron chi connectivity index (χ0n) is 16.6. The molecule has 1 fully saturated rings. The van der Waals surface area contributed by atoms with Crippen molar-refractivity contribution in [3.8, 4) is 5.75 Å². The van der Waals surface area contributed by atoms with Gasteiger partial charge in [0.1, 0.15) is 12.4 Å². The largest absolute Gasteiger partial charge is 0.489 e. The Hall–Kier alpha value is -3.88. The Morgan fingerprint density at radius 1 is 1.10 bits per heavy atom. The Morgan fingerprint density at radius 3 is 2.57 bits per heavy atom. The lowest BCUT2D eigenvalue weighted by atomic mass is 10.1. The van der Waals surface area contributed by atoms with Crippen LogP contribution >= 0.6 is 0 Å². The quantitative estimate of drug-likeness (QED) is 0.577. The maximum Gasteiger partial charge on any atom is 0.325 e. The van der Waals surface area contributed by atoms with Gasteiger partial charge in [0.15, 0.2) is 12.2 Å². The van der Waals surface area contributed by atoms with E-state index in [1.54, 1.807) is 25.2 Å². The van der Waals surface area contributed by atoms with Gasteiger partial charge in [-0.2, -0.15) is 5.10 Å². The maximum absolute atomic E-state index is 12.1. The number of ether oxygens (including phenoxy) is 1. The van der Waals surface area contributed by atoms with Crippen LogP contribution in [-0.4, -0.2) is 60.2 Å². The summed E-state index contributed by atoms with van der Waals surface area (Å²) in [7, 11) is 3.33. The number of likely N-dealkylation sites (N-methyl/N-ethyl adjacent to an activating group) is 2. The van der Waals surface area contributed by atoms with Crippen molar-refractivity contribution < 1.29 is 14.3 Å². The van der Waals surface area contributed by atoms with Crippen LogP contribution in [0.15, 0.2) is 64.7 Å². The van der Waals surface area contributed by atoms with Crippen molar-refractivity contribution in [2.45, 2.75) is 18.8 Å². The highest BCUT2D eigenvalue weighted by Gasteiger charge is 2.47. The predicted molar refractivity (Wildman–Crippen MR) is 112 cm³/mol. The van der Waals surface area contributed by atoms with Crippen LogP contribution < -0.4 is 15.5 Å². The summed E-state index contributed by atoms with van der Waals surface area (Å²) >= 11 is 0. The van der Waals surface area contributed by atoms with Crippen LogP contribution in [-0.2, 0) is 11.4 Å². The summed E-state index contributed by atoms with van der Waals surface area (Å²) in [5.41, 5.74) is 4.83. The number of aliphatic imine (C=N–C) groups is 1. The second-order valence-corrected chi connectivity index (χ2v) is 7.04. The number of hydrogen-bond donors (Lipinski definition) is 2. The highest BCUT2D eigenvalue weighted by Crippen LogP contribution is 2.21. The van der Waals surface area contributed by atoms with Gasteiger partial charge in [-0.3, -0.25) is 10.1 Å². The molecule has 0 radical (unpaired) electrons. The number of benzene rings is 2. The molecule has 2 N–H and O–H groups in total. The first-order valence-electron chi connectivity index (χ1n) is 9.47. The van der Waals surface area contributed by atoms with E-state index in [0.717, 1.165) is 16.9 Å². The number of guanidine groups is 1. The molecule has 9 nitrogen and oxygen atoms in total. The Labute approximate surface area is 174 Å². The standard InChI is InChI=1S/C21H22N6O3/c1-26-17-18(27(2)21(29)24-19(17)28)23-20(26)25-22-12-14-8-10-16(11-9-14)30-13-15-6-4-3-5-7-15/h3-12,17-18H,13H2,1-2H3,(H,23,25)(H,24,28,29)/b22-12+. The molecule has 154 valence electrons. The van der Waals surface area contributed by atoms with Crippen LogP contribution in [0, 0.1) is 0 Å². The molecule has 9 heteroatoms. The number of nitrogens with one attached hydrogen (secondary N) is 2. The maximum atomic E-state index is 12.1. The fourth-order valence-corrected chi connectivity index (χ4v) is 3.28. The van der Waals surface area contributed by atoms with E-state index in [0.29, 0.717) is 12.6 Å². The zero-order valence-corrected chi connectivity index (χ0v) is 16.6. The molecular formula is C21H22N6O3. The number of carbonyl (C=O) groups is 2. The number of nitrogens with zero attached hydrogens (tertiary/aromatic N) is 4. The van der Waals surface area contributed by atoms with Gasteiger partial charge in [-0.05, 0) is 35.4 Å². The minimum absolute atomic E-state index is 0.374. The lowest BCUT2D eigenvalue weighted by Gasteiger charge is -2.34. The fourth-order valence-electron chi connectivity index (χ4n) is 3.28. The molecule has 0 aromatic heterocycles. The first-order valence-corrected chi connectivity index (χ1v) is 9.47. The van der Waals surface area contributed by atoms with E-state index in [9.17, 15) is 9.59 Å². The molecule has 0 spiro atoms. The van der Waals surface area contributed by atoms with Crippen molar-refractivity contribution >= 4 is 24.1 Å². The Morgan fingerprint density at radius 2 is 1.83 bits per heavy atom. The molecule has 1 saturated heterocycles. The smallest absolute Gasteiger partial charge is 0.325 e. The van der Waals surface area contributed by atoms with Crippen molar-refractivity contribution in [2.75, 3.05) is 14.1 Å². The molecule has 0 saturated carbocycles. The van der Waals surface area contributed by atoms with Crippen molar-refractivity contribution in [3.63, 3.8) is 0 Å². The lowest BCUT2D eigenvalue weighted by Crippen LogP contribution is -2.63. The third kappa shape index (κ3) is 3.95. The highest BCUT2D eigenvalue weighted by atomic mass is 16.5. The first-order chi connectivity index (χ1) is 14.5. The summed E-state index contributed by atoms with van der Waals surface area (Å²) < 4.78 is 5.77. The van der Waals surface area contributed by atoms with E-state index in [1.807, 2.05) is 54.6 Å².